The first-order chi connectivity index (χ1) is 13.0. The van der Waals surface area contributed by atoms with Gasteiger partial charge in [-0.2, -0.15) is 0 Å². The molecular weight excluding hydrogens is 352 g/mol. The summed E-state index contributed by atoms with van der Waals surface area (Å²) in [6, 6.07) is 10.4. The van der Waals surface area contributed by atoms with Crippen LogP contribution in [0.25, 0.3) is 0 Å². The van der Waals surface area contributed by atoms with Crippen LogP contribution >= 0.6 is 0 Å². The molecule has 2 aromatic rings. The number of halogens is 2. The zero-order chi connectivity index (χ0) is 19.4. The predicted molar refractivity (Wildman–Crippen MR) is 101 cm³/mol. The highest BCUT2D eigenvalue weighted by Crippen LogP contribution is 2.21. The van der Waals surface area contributed by atoms with Gasteiger partial charge in [0.25, 0.3) is 0 Å². The summed E-state index contributed by atoms with van der Waals surface area (Å²) in [4.78, 5) is 16.7. The number of rotatable bonds is 5. The Balaban J connectivity index is 1.56. The summed E-state index contributed by atoms with van der Waals surface area (Å²) in [5.74, 6) is -0.779. The molecule has 1 atom stereocenters. The fourth-order valence-corrected chi connectivity index (χ4v) is 3.16. The predicted octanol–water partition coefficient (Wildman–Crippen LogP) is 3.12. The minimum absolute atomic E-state index is 0.135. The molecule has 1 heterocycles. The average Bonchev–Trinajstić information content (AvgIpc) is 2.70. The van der Waals surface area contributed by atoms with Crippen molar-refractivity contribution < 1.29 is 18.3 Å². The molecule has 1 amide bonds. The average molecular weight is 375 g/mol. The van der Waals surface area contributed by atoms with Crippen LogP contribution < -0.4 is 15.0 Å². The number of carbonyl (C=O) groups is 1. The molecule has 144 valence electrons. The second-order valence-corrected chi connectivity index (χ2v) is 6.51. The van der Waals surface area contributed by atoms with Gasteiger partial charge < -0.3 is 15.0 Å². The Morgan fingerprint density at radius 3 is 2.37 bits per heavy atom. The molecule has 0 spiro atoms. The summed E-state index contributed by atoms with van der Waals surface area (Å²) in [6.07, 6.45) is 0. The molecule has 5 nitrogen and oxygen atoms in total. The third kappa shape index (κ3) is 4.54. The van der Waals surface area contributed by atoms with E-state index in [0.717, 1.165) is 42.7 Å². The van der Waals surface area contributed by atoms with Crippen molar-refractivity contribution in [3.8, 4) is 5.75 Å². The Morgan fingerprint density at radius 2 is 1.74 bits per heavy atom. The van der Waals surface area contributed by atoms with Crippen molar-refractivity contribution in [1.82, 2.24) is 4.90 Å². The minimum Gasteiger partial charge on any atom is -0.497 e. The summed E-state index contributed by atoms with van der Waals surface area (Å²) in [6.45, 7) is 4.73. The van der Waals surface area contributed by atoms with Crippen LogP contribution in [0, 0.1) is 11.6 Å². The van der Waals surface area contributed by atoms with Gasteiger partial charge in [-0.25, -0.2) is 8.78 Å². The van der Waals surface area contributed by atoms with Crippen LogP contribution in [-0.2, 0) is 4.79 Å². The van der Waals surface area contributed by atoms with E-state index < -0.39 is 17.7 Å². The summed E-state index contributed by atoms with van der Waals surface area (Å²) < 4.78 is 32.2. The van der Waals surface area contributed by atoms with E-state index in [1.807, 2.05) is 29.2 Å². The van der Waals surface area contributed by atoms with E-state index in [0.29, 0.717) is 13.1 Å². The van der Waals surface area contributed by atoms with Crippen LogP contribution in [0.3, 0.4) is 0 Å². The van der Waals surface area contributed by atoms with E-state index in [-0.39, 0.29) is 11.6 Å². The zero-order valence-corrected chi connectivity index (χ0v) is 15.4. The third-order valence-corrected chi connectivity index (χ3v) is 4.87. The van der Waals surface area contributed by atoms with E-state index >= 15 is 0 Å². The number of carbonyl (C=O) groups excluding carboxylic acids is 1. The molecular formula is C20H23F2N3O2. The lowest BCUT2D eigenvalue weighted by Crippen LogP contribution is -2.52. The maximum absolute atomic E-state index is 13.7. The van der Waals surface area contributed by atoms with E-state index in [1.165, 1.54) is 0 Å². The Morgan fingerprint density at radius 1 is 1.07 bits per heavy atom. The summed E-state index contributed by atoms with van der Waals surface area (Å²) in [5, 5.41) is 2.48. The van der Waals surface area contributed by atoms with E-state index in [1.54, 1.807) is 14.0 Å². The first-order valence-corrected chi connectivity index (χ1v) is 8.87. The summed E-state index contributed by atoms with van der Waals surface area (Å²) >= 11 is 0. The maximum atomic E-state index is 13.7. The van der Waals surface area contributed by atoms with Gasteiger partial charge in [-0.15, -0.1) is 0 Å². The van der Waals surface area contributed by atoms with Gasteiger partial charge in [0.05, 0.1) is 18.8 Å². The van der Waals surface area contributed by atoms with E-state index in [9.17, 15) is 13.6 Å². The van der Waals surface area contributed by atoms with Crippen LogP contribution in [0.2, 0.25) is 0 Å². The van der Waals surface area contributed by atoms with Crippen molar-refractivity contribution in [2.45, 2.75) is 13.0 Å². The lowest BCUT2D eigenvalue weighted by Gasteiger charge is -2.38. The van der Waals surface area contributed by atoms with Crippen molar-refractivity contribution in [2.24, 2.45) is 0 Å². The fraction of sp³-hybridized carbons (Fsp3) is 0.350. The normalized spacial score (nSPS) is 16.1. The smallest absolute Gasteiger partial charge is 0.241 e. The number of piperazine rings is 1. The Hall–Kier alpha value is -2.67. The molecule has 0 aromatic heterocycles. The standard InChI is InChI=1S/C20H23F2N3O2/c1-14(20(26)23-19-13-15(21)3-8-18(19)22)24-9-11-25(12-10-24)16-4-6-17(27-2)7-5-16/h3-8,13-14H,9-12H2,1-2H3,(H,23,26)/t14-/m1/s1. The number of nitrogens with one attached hydrogen (secondary N) is 1. The first kappa shape index (κ1) is 19.1. The Labute approximate surface area is 157 Å². The Kier molecular flexibility index (Phi) is 5.91. The van der Waals surface area contributed by atoms with Gasteiger partial charge in [-0.3, -0.25) is 9.69 Å². The number of methoxy groups -OCH3 is 1. The topological polar surface area (TPSA) is 44.8 Å². The number of anilines is 2. The molecule has 1 saturated heterocycles. The number of amides is 1. The highest BCUT2D eigenvalue weighted by Gasteiger charge is 2.26. The van der Waals surface area contributed by atoms with Crippen LogP contribution in [0.15, 0.2) is 42.5 Å². The highest BCUT2D eigenvalue weighted by atomic mass is 19.1. The van der Waals surface area contributed by atoms with E-state index in [2.05, 4.69) is 10.2 Å². The number of benzene rings is 2. The molecule has 0 saturated carbocycles. The van der Waals surface area contributed by atoms with Crippen LogP contribution in [0.4, 0.5) is 20.2 Å². The van der Waals surface area contributed by atoms with Gasteiger partial charge in [0.1, 0.15) is 17.4 Å². The molecule has 2 aromatic carbocycles. The quantitative estimate of drug-likeness (QED) is 0.872. The lowest BCUT2D eigenvalue weighted by atomic mass is 10.2. The molecule has 1 aliphatic heterocycles. The SMILES string of the molecule is COc1ccc(N2CCN([C@H](C)C(=O)Nc3cc(F)ccc3F)CC2)cc1. The van der Waals surface area contributed by atoms with Crippen LogP contribution in [0.1, 0.15) is 6.92 Å². The fourth-order valence-electron chi connectivity index (χ4n) is 3.16. The zero-order valence-electron chi connectivity index (χ0n) is 15.4. The van der Waals surface area contributed by atoms with Gasteiger partial charge >= 0.3 is 0 Å². The van der Waals surface area contributed by atoms with Crippen LogP contribution in [0.5, 0.6) is 5.75 Å². The summed E-state index contributed by atoms with van der Waals surface area (Å²) in [5.41, 5.74) is 0.970. The van der Waals surface area contributed by atoms with Crippen LogP contribution in [-0.4, -0.2) is 50.1 Å². The van der Waals surface area contributed by atoms with Crippen molar-refractivity contribution in [3.05, 3.63) is 54.1 Å². The number of hydrogen-bond donors (Lipinski definition) is 1. The molecule has 0 aliphatic carbocycles. The second-order valence-electron chi connectivity index (χ2n) is 6.51. The largest absolute Gasteiger partial charge is 0.497 e. The lowest BCUT2D eigenvalue weighted by molar-refractivity contribution is -0.120. The molecule has 0 unspecified atom stereocenters. The van der Waals surface area contributed by atoms with Crippen molar-refractivity contribution >= 4 is 17.3 Å². The second kappa shape index (κ2) is 8.35. The van der Waals surface area contributed by atoms with Gasteiger partial charge in [0.2, 0.25) is 5.91 Å². The van der Waals surface area contributed by atoms with E-state index in [4.69, 9.17) is 4.74 Å². The number of ether oxygens (including phenoxy) is 1. The monoisotopic (exact) mass is 375 g/mol. The first-order valence-electron chi connectivity index (χ1n) is 8.87. The Bertz CT molecular complexity index is 790. The van der Waals surface area contributed by atoms with Gasteiger partial charge in [0.15, 0.2) is 0 Å². The molecule has 7 heteroatoms. The molecule has 1 aliphatic rings. The highest BCUT2D eigenvalue weighted by molar-refractivity contribution is 5.94. The van der Waals surface area contributed by atoms with Crippen molar-refractivity contribution in [1.29, 1.82) is 0 Å². The molecule has 0 radical (unpaired) electrons. The van der Waals surface area contributed by atoms with Gasteiger partial charge in [-0.1, -0.05) is 0 Å². The van der Waals surface area contributed by atoms with Crippen molar-refractivity contribution in [2.75, 3.05) is 43.5 Å². The minimum atomic E-state index is -0.652. The number of nitrogens with zero attached hydrogens (tertiary/aromatic N) is 2. The van der Waals surface area contributed by atoms with Gasteiger partial charge in [-0.05, 0) is 43.3 Å². The molecule has 1 fully saturated rings. The molecule has 27 heavy (non-hydrogen) atoms. The molecule has 1 N–H and O–H groups in total. The molecule has 3 rings (SSSR count). The maximum Gasteiger partial charge on any atom is 0.241 e. The van der Waals surface area contributed by atoms with Crippen molar-refractivity contribution in [3.63, 3.8) is 0 Å². The number of hydrogen-bond acceptors (Lipinski definition) is 4. The molecule has 0 bridgehead atoms. The summed E-state index contributed by atoms with van der Waals surface area (Å²) in [7, 11) is 1.63. The van der Waals surface area contributed by atoms with Gasteiger partial charge in [0, 0.05) is 37.9 Å². The third-order valence-electron chi connectivity index (χ3n) is 4.87.